The van der Waals surface area contributed by atoms with E-state index in [0.29, 0.717) is 5.39 Å². The van der Waals surface area contributed by atoms with Crippen LogP contribution in [0.1, 0.15) is 0 Å². The molecular weight excluding hydrogens is 301 g/mol. The molecule has 24 heavy (non-hydrogen) atoms. The van der Waals surface area contributed by atoms with Gasteiger partial charge in [0, 0.05) is 22.7 Å². The lowest BCUT2D eigenvalue weighted by Gasteiger charge is -2.07. The third kappa shape index (κ3) is 2.61. The molecule has 1 heterocycles. The molecule has 0 amide bonds. The monoisotopic (exact) mass is 315 g/mol. The van der Waals surface area contributed by atoms with Gasteiger partial charge in [0.1, 0.15) is 5.82 Å². The van der Waals surface area contributed by atoms with Crippen LogP contribution in [0.4, 0.5) is 4.39 Å². The number of rotatable bonds is 2. The first-order chi connectivity index (χ1) is 11.7. The average Bonchev–Trinajstić information content (AvgIpc) is 2.63. The van der Waals surface area contributed by atoms with Crippen molar-refractivity contribution in [2.24, 2.45) is 0 Å². The standard InChI is InChI=1S/C21H14FNO/c22-17-9-6-14(7-10-17)16-8-11-19-18(12-16)21(24)13-20(23-19)15-4-2-1-3-5-15/h1-13H,(H,23,24). The van der Waals surface area contributed by atoms with Gasteiger partial charge in [-0.05, 0) is 41.0 Å². The second-order valence-corrected chi connectivity index (χ2v) is 5.68. The fourth-order valence-corrected chi connectivity index (χ4v) is 2.84. The molecule has 0 aliphatic rings. The Morgan fingerprint density at radius 1 is 0.708 bits per heavy atom. The van der Waals surface area contributed by atoms with Crippen molar-refractivity contribution < 1.29 is 4.39 Å². The van der Waals surface area contributed by atoms with Crippen LogP contribution in [-0.4, -0.2) is 4.98 Å². The topological polar surface area (TPSA) is 32.9 Å². The largest absolute Gasteiger partial charge is 0.354 e. The Morgan fingerprint density at radius 2 is 1.42 bits per heavy atom. The van der Waals surface area contributed by atoms with Gasteiger partial charge in [0.25, 0.3) is 0 Å². The predicted octanol–water partition coefficient (Wildman–Crippen LogP) is 5.00. The van der Waals surface area contributed by atoms with Crippen molar-refractivity contribution in [3.05, 3.63) is 94.9 Å². The van der Waals surface area contributed by atoms with Crippen molar-refractivity contribution >= 4 is 10.9 Å². The van der Waals surface area contributed by atoms with E-state index in [9.17, 15) is 9.18 Å². The number of H-pyrrole nitrogens is 1. The Labute approximate surface area is 138 Å². The van der Waals surface area contributed by atoms with Crippen LogP contribution in [0.25, 0.3) is 33.3 Å². The van der Waals surface area contributed by atoms with Crippen LogP contribution in [0, 0.1) is 5.82 Å². The normalized spacial score (nSPS) is 10.9. The van der Waals surface area contributed by atoms with E-state index in [1.54, 1.807) is 18.2 Å². The van der Waals surface area contributed by atoms with Crippen LogP contribution in [0.2, 0.25) is 0 Å². The number of aromatic nitrogens is 1. The number of nitrogens with one attached hydrogen (secondary N) is 1. The summed E-state index contributed by atoms with van der Waals surface area (Å²) in [7, 11) is 0. The quantitative estimate of drug-likeness (QED) is 0.554. The van der Waals surface area contributed by atoms with Gasteiger partial charge in [0.15, 0.2) is 5.43 Å². The van der Waals surface area contributed by atoms with E-state index in [4.69, 9.17) is 0 Å². The average molecular weight is 315 g/mol. The van der Waals surface area contributed by atoms with Gasteiger partial charge < -0.3 is 4.98 Å². The highest BCUT2D eigenvalue weighted by Gasteiger charge is 2.06. The highest BCUT2D eigenvalue weighted by Crippen LogP contribution is 2.24. The van der Waals surface area contributed by atoms with Crippen molar-refractivity contribution in [3.8, 4) is 22.4 Å². The highest BCUT2D eigenvalue weighted by molar-refractivity contribution is 5.86. The van der Waals surface area contributed by atoms with Gasteiger partial charge in [-0.15, -0.1) is 0 Å². The Morgan fingerprint density at radius 3 is 2.17 bits per heavy atom. The third-order valence-corrected chi connectivity index (χ3v) is 4.09. The lowest BCUT2D eigenvalue weighted by Crippen LogP contribution is -2.03. The van der Waals surface area contributed by atoms with Crippen LogP contribution in [-0.2, 0) is 0 Å². The first-order valence-corrected chi connectivity index (χ1v) is 7.69. The van der Waals surface area contributed by atoms with Gasteiger partial charge in [0.05, 0.1) is 0 Å². The minimum Gasteiger partial charge on any atom is -0.354 e. The molecule has 2 nitrogen and oxygen atoms in total. The lowest BCUT2D eigenvalue weighted by atomic mass is 10.0. The molecular formula is C21H14FNO. The second-order valence-electron chi connectivity index (χ2n) is 5.68. The lowest BCUT2D eigenvalue weighted by molar-refractivity contribution is 0.628. The second kappa shape index (κ2) is 5.78. The van der Waals surface area contributed by atoms with E-state index in [-0.39, 0.29) is 11.2 Å². The first kappa shape index (κ1) is 14.4. The number of halogens is 1. The van der Waals surface area contributed by atoms with Crippen molar-refractivity contribution in [1.29, 1.82) is 0 Å². The van der Waals surface area contributed by atoms with Gasteiger partial charge in [-0.1, -0.05) is 48.5 Å². The zero-order chi connectivity index (χ0) is 16.5. The maximum absolute atomic E-state index is 13.1. The smallest absolute Gasteiger partial charge is 0.190 e. The molecule has 0 aliphatic heterocycles. The van der Waals surface area contributed by atoms with Gasteiger partial charge >= 0.3 is 0 Å². The van der Waals surface area contributed by atoms with E-state index < -0.39 is 0 Å². The van der Waals surface area contributed by atoms with Crippen LogP contribution in [0.3, 0.4) is 0 Å². The Kier molecular flexibility index (Phi) is 3.47. The van der Waals surface area contributed by atoms with Crippen molar-refractivity contribution in [2.45, 2.75) is 0 Å². The van der Waals surface area contributed by atoms with Crippen molar-refractivity contribution in [3.63, 3.8) is 0 Å². The molecule has 4 rings (SSSR count). The summed E-state index contributed by atoms with van der Waals surface area (Å²) in [5, 5.41) is 0.622. The maximum Gasteiger partial charge on any atom is 0.190 e. The molecule has 0 fully saturated rings. The van der Waals surface area contributed by atoms with E-state index in [1.165, 1.54) is 12.1 Å². The highest BCUT2D eigenvalue weighted by atomic mass is 19.1. The maximum atomic E-state index is 13.1. The Hall–Kier alpha value is -3.20. The number of benzene rings is 3. The summed E-state index contributed by atoms with van der Waals surface area (Å²) in [6, 6.07) is 23.3. The number of pyridine rings is 1. The SMILES string of the molecule is O=c1cc(-c2ccccc2)[nH]c2ccc(-c3ccc(F)cc3)cc12. The minimum absolute atomic E-state index is 0.0356. The summed E-state index contributed by atoms with van der Waals surface area (Å²) in [4.78, 5) is 15.8. The van der Waals surface area contributed by atoms with E-state index in [1.807, 2.05) is 48.5 Å². The predicted molar refractivity (Wildman–Crippen MR) is 95.4 cm³/mol. The summed E-state index contributed by atoms with van der Waals surface area (Å²) >= 11 is 0. The van der Waals surface area contributed by atoms with E-state index >= 15 is 0 Å². The molecule has 0 radical (unpaired) electrons. The zero-order valence-electron chi connectivity index (χ0n) is 12.8. The fraction of sp³-hybridized carbons (Fsp3) is 0. The molecule has 0 spiro atoms. The molecule has 1 aromatic heterocycles. The zero-order valence-corrected chi connectivity index (χ0v) is 12.8. The molecule has 0 saturated carbocycles. The van der Waals surface area contributed by atoms with E-state index in [2.05, 4.69) is 4.98 Å². The number of hydrogen-bond donors (Lipinski definition) is 1. The van der Waals surface area contributed by atoms with Crippen LogP contribution in [0.5, 0.6) is 0 Å². The summed E-state index contributed by atoms with van der Waals surface area (Å²) in [5.74, 6) is -0.273. The van der Waals surface area contributed by atoms with Crippen LogP contribution >= 0.6 is 0 Å². The summed E-state index contributed by atoms with van der Waals surface area (Å²) in [5.41, 5.74) is 4.28. The molecule has 0 unspecified atom stereocenters. The fourth-order valence-electron chi connectivity index (χ4n) is 2.84. The summed E-state index contributed by atoms with van der Waals surface area (Å²) in [6.07, 6.45) is 0. The van der Waals surface area contributed by atoms with Gasteiger partial charge in [-0.25, -0.2) is 4.39 Å². The molecule has 4 aromatic rings. The van der Waals surface area contributed by atoms with Crippen LogP contribution < -0.4 is 5.43 Å². The first-order valence-electron chi connectivity index (χ1n) is 7.69. The minimum atomic E-state index is -0.273. The summed E-state index contributed by atoms with van der Waals surface area (Å²) in [6.45, 7) is 0. The Balaban J connectivity index is 1.85. The molecule has 116 valence electrons. The summed E-state index contributed by atoms with van der Waals surface area (Å²) < 4.78 is 13.1. The molecule has 0 saturated heterocycles. The molecule has 3 aromatic carbocycles. The van der Waals surface area contributed by atoms with Crippen molar-refractivity contribution in [1.82, 2.24) is 4.98 Å². The van der Waals surface area contributed by atoms with Crippen LogP contribution in [0.15, 0.2) is 83.7 Å². The number of aromatic amines is 1. The molecule has 1 N–H and O–H groups in total. The molecule has 3 heteroatoms. The van der Waals surface area contributed by atoms with Gasteiger partial charge in [0.2, 0.25) is 0 Å². The number of hydrogen-bond acceptors (Lipinski definition) is 1. The molecule has 0 aliphatic carbocycles. The van der Waals surface area contributed by atoms with Gasteiger partial charge in [-0.3, -0.25) is 4.79 Å². The Bertz CT molecular complexity index is 1070. The third-order valence-electron chi connectivity index (χ3n) is 4.09. The van der Waals surface area contributed by atoms with Crippen molar-refractivity contribution in [2.75, 3.05) is 0 Å². The molecule has 0 atom stereocenters. The number of fused-ring (bicyclic) bond motifs is 1. The van der Waals surface area contributed by atoms with E-state index in [0.717, 1.165) is 27.9 Å². The van der Waals surface area contributed by atoms with Gasteiger partial charge in [-0.2, -0.15) is 0 Å². The molecule has 0 bridgehead atoms.